The predicted molar refractivity (Wildman–Crippen MR) is 102 cm³/mol. The summed E-state index contributed by atoms with van der Waals surface area (Å²) < 4.78 is 34.9. The van der Waals surface area contributed by atoms with E-state index in [-0.39, 0.29) is 37.7 Å². The summed E-state index contributed by atoms with van der Waals surface area (Å²) in [5.41, 5.74) is 0.279. The van der Waals surface area contributed by atoms with Crippen LogP contribution in [0.3, 0.4) is 0 Å². The summed E-state index contributed by atoms with van der Waals surface area (Å²) in [7, 11) is -5.05. The van der Waals surface area contributed by atoms with Crippen molar-refractivity contribution in [2.24, 2.45) is 0 Å². The average molecular weight is 594 g/mol. The van der Waals surface area contributed by atoms with E-state index in [2.05, 4.69) is 18.4 Å². The third kappa shape index (κ3) is 6.93. The number of halogens is 2. The summed E-state index contributed by atoms with van der Waals surface area (Å²) in [4.78, 5) is 31.7. The molecule has 2 N–H and O–H groups in total. The van der Waals surface area contributed by atoms with Gasteiger partial charge in [-0.15, -0.1) is 0 Å². The van der Waals surface area contributed by atoms with Gasteiger partial charge in [0.2, 0.25) is 0 Å². The van der Waals surface area contributed by atoms with Crippen LogP contribution in [0.2, 0.25) is 0 Å². The van der Waals surface area contributed by atoms with E-state index >= 15 is 0 Å². The number of carbonyl (C=O) groups is 1. The summed E-state index contributed by atoms with van der Waals surface area (Å²) in [6.45, 7) is 0. The zero-order chi connectivity index (χ0) is 18.4. The number of nitrogens with one attached hydrogen (secondary N) is 1. The molecule has 1 heterocycles. The third-order valence-corrected chi connectivity index (χ3v) is 7.60. The number of phosphoric acid groups is 1. The minimum atomic E-state index is -5.05. The van der Waals surface area contributed by atoms with Crippen LogP contribution in [-0.4, -0.2) is 35.7 Å². The van der Waals surface area contributed by atoms with Crippen LogP contribution in [0.25, 0.3) is 0 Å². The van der Waals surface area contributed by atoms with Gasteiger partial charge in [-0.3, -0.25) is 0 Å². The van der Waals surface area contributed by atoms with Crippen LogP contribution in [0.5, 0.6) is 5.75 Å². The molecule has 0 aliphatic heterocycles. The van der Waals surface area contributed by atoms with Gasteiger partial charge in [-0.05, 0) is 0 Å². The van der Waals surface area contributed by atoms with E-state index in [0.29, 0.717) is 18.5 Å². The van der Waals surface area contributed by atoms with Gasteiger partial charge in [0, 0.05) is 0 Å². The minimum absolute atomic E-state index is 0.0552. The number of phosphoric ester groups is 1. The number of benzene rings is 1. The first-order valence-electron chi connectivity index (χ1n) is 6.99. The van der Waals surface area contributed by atoms with Gasteiger partial charge in [-0.2, -0.15) is 0 Å². The fourth-order valence-electron chi connectivity index (χ4n) is 2.00. The molecule has 0 saturated heterocycles. The molecular weight excluding hydrogens is 579 g/mol. The number of hydrogen-bond acceptors (Lipinski definition) is 4. The Morgan fingerprint density at radius 3 is 2.88 bits per heavy atom. The number of rotatable bonds is 8. The van der Waals surface area contributed by atoms with Gasteiger partial charge in [0.1, 0.15) is 0 Å². The molecule has 0 aliphatic rings. The summed E-state index contributed by atoms with van der Waals surface area (Å²) in [6, 6.07) is 7.93. The Bertz CT molecular complexity index is 795. The van der Waals surface area contributed by atoms with E-state index < -0.39 is 32.7 Å². The molecule has 2 unspecified atom stereocenters. The first-order chi connectivity index (χ1) is 11.8. The van der Waals surface area contributed by atoms with E-state index in [1.807, 2.05) is 12.1 Å². The molecule has 2 rings (SSSR count). The maximum atomic E-state index is 14.1. The number of alkyl halides is 2. The van der Waals surface area contributed by atoms with Gasteiger partial charge in [-0.25, -0.2) is 0 Å². The van der Waals surface area contributed by atoms with Crippen LogP contribution in [0, 0.1) is 0 Å². The van der Waals surface area contributed by atoms with Gasteiger partial charge in [-0.1, -0.05) is 0 Å². The molecule has 2 aromatic rings. The van der Waals surface area contributed by atoms with Crippen LogP contribution in [0.4, 0.5) is 10.1 Å². The van der Waals surface area contributed by atoms with Crippen molar-refractivity contribution in [2.75, 3.05) is 5.32 Å². The van der Waals surface area contributed by atoms with Crippen molar-refractivity contribution in [3.8, 4) is 5.75 Å². The Hall–Kier alpha value is -0.560. The van der Waals surface area contributed by atoms with Crippen LogP contribution in [0.15, 0.2) is 34.4 Å². The third-order valence-electron chi connectivity index (χ3n) is 3.06. The predicted octanol–water partition coefficient (Wildman–Crippen LogP) is 2.53. The molecule has 0 saturated carbocycles. The number of carbonyl (C=O) groups excluding carboxylic acids is 1. The molecule has 6 nitrogen and oxygen atoms in total. The first kappa shape index (κ1) is 20.7. The van der Waals surface area contributed by atoms with Crippen molar-refractivity contribution in [1.29, 1.82) is 0 Å². The van der Waals surface area contributed by atoms with Crippen LogP contribution >= 0.6 is 28.6 Å². The second-order valence-corrected chi connectivity index (χ2v) is 10.9. The molecule has 0 bridgehead atoms. The molecule has 10 heteroatoms. The van der Waals surface area contributed by atoms with Crippen molar-refractivity contribution in [1.82, 2.24) is 0 Å². The molecule has 136 valence electrons. The standard InChI is InChI=1S/C15H16FINO5PTe/c1-17-15(16)12-9-10(4-6-13(12)23-24(20,21)22)18-14(19)7-5-11-3-2-8-25-11/h2-4,6,8-9,15H,1,5,7H2,(H,18,19)(H2,20,21,22)/p-1. The number of aryl methyl sites for hydroxylation is 1. The van der Waals surface area contributed by atoms with Gasteiger partial charge < -0.3 is 0 Å². The molecule has 0 fully saturated rings. The number of anilines is 1. The van der Waals surface area contributed by atoms with Gasteiger partial charge in [0.05, 0.1) is 0 Å². The van der Waals surface area contributed by atoms with Crippen LogP contribution in [0.1, 0.15) is 19.7 Å². The molecule has 0 radical (unpaired) electrons. The fraction of sp³-hybridized carbons (Fsp3) is 0.200. The fourth-order valence-corrected chi connectivity index (χ4v) is 5.40. The Labute approximate surface area is 164 Å². The zero-order valence-corrected chi connectivity index (χ0v) is 18.2. The molecule has 1 aromatic heterocycles. The summed E-state index contributed by atoms with van der Waals surface area (Å²) in [6.07, 6.45) is 1.01. The van der Waals surface area contributed by atoms with Gasteiger partial charge in [0.15, 0.2) is 0 Å². The molecule has 1 aromatic carbocycles. The molecule has 2 atom stereocenters. The van der Waals surface area contributed by atoms with Gasteiger partial charge >= 0.3 is 165 Å². The average Bonchev–Trinajstić information content (AvgIpc) is 3.06. The van der Waals surface area contributed by atoms with E-state index in [0.717, 1.165) is 0 Å². The summed E-state index contributed by atoms with van der Waals surface area (Å²) >= 11 is -1.41. The van der Waals surface area contributed by atoms with Crippen molar-refractivity contribution < 1.29 is 28.1 Å². The Morgan fingerprint density at radius 1 is 1.52 bits per heavy atom. The summed E-state index contributed by atoms with van der Waals surface area (Å²) in [5.74, 6) is -0.515. The van der Waals surface area contributed by atoms with E-state index in [1.54, 1.807) is 0 Å². The molecule has 1 amide bonds. The van der Waals surface area contributed by atoms with Crippen molar-refractivity contribution in [3.63, 3.8) is 0 Å². The van der Waals surface area contributed by atoms with Crippen LogP contribution in [-0.2, 0) is 15.8 Å². The van der Waals surface area contributed by atoms with Crippen molar-refractivity contribution in [3.05, 3.63) is 43.6 Å². The SMILES string of the molecule is C=IC(F)c1cc(NC(=O)CCc2ccc[te]2)ccc1OP(=O)([O-])O. The topological polar surface area (TPSA) is 98.7 Å². The second-order valence-electron chi connectivity index (χ2n) is 4.89. The zero-order valence-electron chi connectivity index (χ0n) is 12.9. The Morgan fingerprint density at radius 2 is 2.28 bits per heavy atom. The molecular formula is C15H15FINO5PTe-. The van der Waals surface area contributed by atoms with Crippen LogP contribution < -0.4 is 14.7 Å². The van der Waals surface area contributed by atoms with Crippen molar-refractivity contribution in [2.45, 2.75) is 17.0 Å². The van der Waals surface area contributed by atoms with E-state index in [4.69, 9.17) is 4.89 Å². The summed E-state index contributed by atoms with van der Waals surface area (Å²) in [5, 5.41) is 2.66. The maximum absolute atomic E-state index is 14.1. The normalized spacial score (nSPS) is 14.5. The quantitative estimate of drug-likeness (QED) is 0.212. The van der Waals surface area contributed by atoms with E-state index in [1.165, 1.54) is 21.8 Å². The van der Waals surface area contributed by atoms with Gasteiger partial charge in [0.25, 0.3) is 0 Å². The number of hydrogen-bond donors (Lipinski definition) is 2. The first-order valence-corrected chi connectivity index (χ1v) is 13.8. The van der Waals surface area contributed by atoms with E-state index in [9.17, 15) is 18.6 Å². The molecule has 0 aliphatic carbocycles. The Balaban J connectivity index is 2.11. The van der Waals surface area contributed by atoms with Crippen molar-refractivity contribution >= 4 is 65.1 Å². The number of amides is 1. The Kier molecular flexibility index (Phi) is 7.80. The molecule has 0 spiro atoms. The second kappa shape index (κ2) is 9.40. The molecule has 25 heavy (non-hydrogen) atoms. The monoisotopic (exact) mass is 596 g/mol.